The van der Waals surface area contributed by atoms with Crippen LogP contribution in [-0.2, 0) is 0 Å². The Morgan fingerprint density at radius 1 is 0.455 bits per heavy atom. The Morgan fingerprint density at radius 2 is 0.818 bits per heavy atom. The van der Waals surface area contributed by atoms with Gasteiger partial charge in [0.05, 0.1) is 0 Å². The van der Waals surface area contributed by atoms with Gasteiger partial charge in [-0.3, -0.25) is 0 Å². The number of rotatable bonds is 2. The van der Waals surface area contributed by atoms with E-state index in [0.29, 0.717) is 0 Å². The third kappa shape index (κ3) is 4.62. The maximum atomic E-state index is 2.05. The van der Waals surface area contributed by atoms with Crippen molar-refractivity contribution in [2.75, 3.05) is 0 Å². The van der Waals surface area contributed by atoms with Crippen molar-refractivity contribution < 1.29 is 0 Å². The predicted molar refractivity (Wildman–Crippen MR) is 97.1 cm³/mol. The molecule has 22 heavy (non-hydrogen) atoms. The zero-order valence-electron chi connectivity index (χ0n) is 14.9. The Morgan fingerprint density at radius 3 is 1.23 bits per heavy atom. The molecule has 3 saturated carbocycles. The summed E-state index contributed by atoms with van der Waals surface area (Å²) in [5.41, 5.74) is 4.02. The Labute approximate surface area is 139 Å². The Kier molecular flexibility index (Phi) is 6.89. The van der Waals surface area contributed by atoms with Crippen molar-refractivity contribution in [1.82, 2.24) is 0 Å². The van der Waals surface area contributed by atoms with Gasteiger partial charge in [-0.2, -0.15) is 0 Å². The average Bonchev–Trinajstić information content (AvgIpc) is 3.04. The fourth-order valence-electron chi connectivity index (χ4n) is 5.54. The van der Waals surface area contributed by atoms with E-state index in [1.807, 2.05) is 11.1 Å². The Balaban J connectivity index is 1.83. The summed E-state index contributed by atoms with van der Waals surface area (Å²) < 4.78 is 0. The summed E-state index contributed by atoms with van der Waals surface area (Å²) in [5.74, 6) is 1.97. The van der Waals surface area contributed by atoms with Crippen LogP contribution in [0, 0.1) is 11.8 Å². The van der Waals surface area contributed by atoms with Gasteiger partial charge in [-0.25, -0.2) is 0 Å². The van der Waals surface area contributed by atoms with Crippen LogP contribution in [0.3, 0.4) is 0 Å². The van der Waals surface area contributed by atoms with Gasteiger partial charge in [0, 0.05) is 0 Å². The first-order chi connectivity index (χ1) is 10.9. The van der Waals surface area contributed by atoms with Gasteiger partial charge >= 0.3 is 0 Å². The van der Waals surface area contributed by atoms with Crippen molar-refractivity contribution in [3.05, 3.63) is 11.1 Å². The molecule has 0 N–H and O–H groups in total. The van der Waals surface area contributed by atoms with Crippen molar-refractivity contribution in [2.45, 2.75) is 116 Å². The second kappa shape index (κ2) is 9.14. The maximum Gasteiger partial charge on any atom is -0.0198 e. The van der Waals surface area contributed by atoms with Crippen molar-refractivity contribution in [1.29, 1.82) is 0 Å². The van der Waals surface area contributed by atoms with Crippen LogP contribution in [0.1, 0.15) is 116 Å². The molecule has 0 amide bonds. The Bertz CT molecular complexity index is 303. The summed E-state index contributed by atoms with van der Waals surface area (Å²) in [6, 6.07) is 0. The van der Waals surface area contributed by atoms with Crippen LogP contribution in [0.5, 0.6) is 0 Å². The smallest absolute Gasteiger partial charge is 0.0198 e. The van der Waals surface area contributed by atoms with E-state index in [2.05, 4.69) is 0 Å². The molecule has 0 radical (unpaired) electrons. The molecular formula is C22H38. The molecule has 0 unspecified atom stereocenters. The molecule has 3 aliphatic rings. The zero-order chi connectivity index (χ0) is 15.0. The van der Waals surface area contributed by atoms with E-state index in [4.69, 9.17) is 0 Å². The van der Waals surface area contributed by atoms with Gasteiger partial charge in [0.2, 0.25) is 0 Å². The first-order valence-corrected chi connectivity index (χ1v) is 10.7. The third-order valence-electron chi connectivity index (χ3n) is 6.71. The molecule has 0 aromatic rings. The molecule has 126 valence electrons. The Hall–Kier alpha value is -0.260. The normalized spacial score (nSPS) is 27.0. The van der Waals surface area contributed by atoms with Gasteiger partial charge in [0.1, 0.15) is 0 Å². The van der Waals surface area contributed by atoms with E-state index in [1.54, 1.807) is 0 Å². The van der Waals surface area contributed by atoms with E-state index in [-0.39, 0.29) is 0 Å². The van der Waals surface area contributed by atoms with Crippen molar-refractivity contribution >= 4 is 0 Å². The van der Waals surface area contributed by atoms with Crippen LogP contribution < -0.4 is 0 Å². The van der Waals surface area contributed by atoms with Crippen LogP contribution >= 0.6 is 0 Å². The molecule has 0 aromatic heterocycles. The second-order valence-corrected chi connectivity index (χ2v) is 8.35. The van der Waals surface area contributed by atoms with Gasteiger partial charge in [-0.15, -0.1) is 0 Å². The minimum absolute atomic E-state index is 0.985. The fraction of sp³-hybridized carbons (Fsp3) is 0.909. The number of hydrogen-bond acceptors (Lipinski definition) is 0. The van der Waals surface area contributed by atoms with Crippen LogP contribution in [-0.4, -0.2) is 0 Å². The van der Waals surface area contributed by atoms with Crippen LogP contribution in [0.4, 0.5) is 0 Å². The van der Waals surface area contributed by atoms with E-state index < -0.39 is 0 Å². The first-order valence-electron chi connectivity index (χ1n) is 10.7. The topological polar surface area (TPSA) is 0 Å². The molecule has 0 nitrogen and oxygen atoms in total. The molecule has 0 heteroatoms. The lowest BCUT2D eigenvalue weighted by Crippen LogP contribution is -2.16. The first kappa shape index (κ1) is 16.6. The van der Waals surface area contributed by atoms with Crippen molar-refractivity contribution in [3.8, 4) is 0 Å². The third-order valence-corrected chi connectivity index (χ3v) is 6.71. The van der Waals surface area contributed by atoms with Crippen molar-refractivity contribution in [3.63, 3.8) is 0 Å². The summed E-state index contributed by atoms with van der Waals surface area (Å²) in [6.07, 6.45) is 27.0. The molecule has 3 rings (SSSR count). The van der Waals surface area contributed by atoms with E-state index in [1.165, 1.54) is 116 Å². The molecule has 3 aliphatic carbocycles. The standard InChI is InChI=1S/C22H38/c1-2-8-14-19(13-7-1)22(20-15-9-3-4-10-16-20)21-17-11-5-6-12-18-21/h19-20H,1-18H2. The highest BCUT2D eigenvalue weighted by Gasteiger charge is 2.27. The van der Waals surface area contributed by atoms with Crippen LogP contribution in [0.15, 0.2) is 11.1 Å². The van der Waals surface area contributed by atoms with E-state index >= 15 is 0 Å². The average molecular weight is 303 g/mol. The minimum atomic E-state index is 0.985. The maximum absolute atomic E-state index is 2.05. The van der Waals surface area contributed by atoms with Gasteiger partial charge in [-0.1, -0.05) is 75.4 Å². The number of allylic oxidation sites excluding steroid dienone is 2. The molecule has 0 aliphatic heterocycles. The summed E-state index contributed by atoms with van der Waals surface area (Å²) in [7, 11) is 0. The van der Waals surface area contributed by atoms with Crippen LogP contribution in [0.25, 0.3) is 0 Å². The lowest BCUT2D eigenvalue weighted by atomic mass is 9.76. The SMILES string of the molecule is C1CCCC(=C(C2CCCCCC2)C2CCCCCC2)CC1. The highest BCUT2D eigenvalue weighted by molar-refractivity contribution is 5.21. The second-order valence-electron chi connectivity index (χ2n) is 8.35. The van der Waals surface area contributed by atoms with Crippen LogP contribution in [0.2, 0.25) is 0 Å². The summed E-state index contributed by atoms with van der Waals surface area (Å²) in [6.45, 7) is 0. The lowest BCUT2D eigenvalue weighted by molar-refractivity contribution is 0.414. The molecule has 0 atom stereocenters. The van der Waals surface area contributed by atoms with Gasteiger partial charge in [0.15, 0.2) is 0 Å². The molecule has 0 saturated heterocycles. The largest absolute Gasteiger partial charge is 0.0704 e. The zero-order valence-corrected chi connectivity index (χ0v) is 14.9. The molecule has 0 spiro atoms. The van der Waals surface area contributed by atoms with Gasteiger partial charge in [0.25, 0.3) is 0 Å². The molecular weight excluding hydrogens is 264 g/mol. The molecule has 0 heterocycles. The number of hydrogen-bond donors (Lipinski definition) is 0. The van der Waals surface area contributed by atoms with E-state index in [0.717, 1.165) is 11.8 Å². The van der Waals surface area contributed by atoms with E-state index in [9.17, 15) is 0 Å². The molecule has 0 aromatic carbocycles. The summed E-state index contributed by atoms with van der Waals surface area (Å²) >= 11 is 0. The summed E-state index contributed by atoms with van der Waals surface area (Å²) in [4.78, 5) is 0. The monoisotopic (exact) mass is 302 g/mol. The van der Waals surface area contributed by atoms with Crippen molar-refractivity contribution in [2.24, 2.45) is 11.8 Å². The highest BCUT2D eigenvalue weighted by Crippen LogP contribution is 2.42. The quantitative estimate of drug-likeness (QED) is 0.364. The van der Waals surface area contributed by atoms with Gasteiger partial charge in [-0.05, 0) is 63.2 Å². The molecule has 0 bridgehead atoms. The molecule has 3 fully saturated rings. The lowest BCUT2D eigenvalue weighted by Gasteiger charge is -2.30. The minimum Gasteiger partial charge on any atom is -0.0704 e. The fourth-order valence-corrected chi connectivity index (χ4v) is 5.54. The highest BCUT2D eigenvalue weighted by atomic mass is 14.3. The summed E-state index contributed by atoms with van der Waals surface area (Å²) in [5, 5.41) is 0. The predicted octanol–water partition coefficient (Wildman–Crippen LogP) is 7.58. The van der Waals surface area contributed by atoms with Gasteiger partial charge < -0.3 is 0 Å².